The highest BCUT2D eigenvalue weighted by Gasteiger charge is 2.38. The maximum Gasteiger partial charge on any atom is 0.309 e. The van der Waals surface area contributed by atoms with Crippen molar-refractivity contribution < 1.29 is 14.3 Å². The molecule has 0 atom stereocenters. The molecule has 0 aliphatic carbocycles. The van der Waals surface area contributed by atoms with Gasteiger partial charge in [0.15, 0.2) is 0 Å². The third kappa shape index (κ3) is 2.40. The highest BCUT2D eigenvalue weighted by Crippen LogP contribution is 2.34. The summed E-state index contributed by atoms with van der Waals surface area (Å²) in [7, 11) is 0. The molecule has 0 spiro atoms. The Balaban J connectivity index is 2.56. The Labute approximate surface area is 77.3 Å². The predicted molar refractivity (Wildman–Crippen MR) is 47.4 cm³/mol. The summed E-state index contributed by atoms with van der Waals surface area (Å²) in [4.78, 5) is 11.0. The summed E-state index contributed by atoms with van der Waals surface area (Å²) >= 11 is 0. The zero-order valence-corrected chi connectivity index (χ0v) is 7.68. The molecule has 4 heteroatoms. The third-order valence-corrected chi connectivity index (χ3v) is 2.80. The first-order valence-electron chi connectivity index (χ1n) is 4.71. The lowest BCUT2D eigenvalue weighted by molar-refractivity contribution is -0.151. The second-order valence-corrected chi connectivity index (χ2v) is 3.63. The van der Waals surface area contributed by atoms with Crippen LogP contribution in [0.2, 0.25) is 0 Å². The first-order valence-corrected chi connectivity index (χ1v) is 4.71. The minimum Gasteiger partial charge on any atom is -0.481 e. The molecule has 0 aromatic heterocycles. The number of aliphatic carboxylic acids is 1. The van der Waals surface area contributed by atoms with E-state index < -0.39 is 18.1 Å². The van der Waals surface area contributed by atoms with Gasteiger partial charge in [0.25, 0.3) is 0 Å². The molecular weight excluding hydrogens is 173 g/mol. The van der Waals surface area contributed by atoms with E-state index in [2.05, 4.69) is 5.32 Å². The monoisotopic (exact) mass is 189 g/mol. The standard InChI is InChI=1S/C9H16FNO2/c10-5-1-2-9(8(12)13)3-6-11-7-4-9/h11H,1-7H2,(H,12,13). The van der Waals surface area contributed by atoms with E-state index in [0.29, 0.717) is 25.7 Å². The Hall–Kier alpha value is -0.640. The van der Waals surface area contributed by atoms with Crippen LogP contribution in [0.4, 0.5) is 4.39 Å². The summed E-state index contributed by atoms with van der Waals surface area (Å²) in [5.41, 5.74) is -0.655. The van der Waals surface area contributed by atoms with E-state index >= 15 is 0 Å². The fourth-order valence-electron chi connectivity index (χ4n) is 1.88. The van der Waals surface area contributed by atoms with E-state index in [1.165, 1.54) is 0 Å². The number of alkyl halides is 1. The van der Waals surface area contributed by atoms with Crippen LogP contribution in [-0.2, 0) is 4.79 Å². The Bertz CT molecular complexity index is 178. The van der Waals surface area contributed by atoms with Crippen molar-refractivity contribution in [3.05, 3.63) is 0 Å². The molecule has 76 valence electrons. The molecule has 0 amide bonds. The van der Waals surface area contributed by atoms with Crippen molar-refractivity contribution in [2.75, 3.05) is 19.8 Å². The molecule has 2 N–H and O–H groups in total. The Morgan fingerprint density at radius 1 is 1.46 bits per heavy atom. The van der Waals surface area contributed by atoms with Gasteiger partial charge in [-0.25, -0.2) is 0 Å². The van der Waals surface area contributed by atoms with Crippen molar-refractivity contribution in [3.8, 4) is 0 Å². The maximum atomic E-state index is 12.0. The van der Waals surface area contributed by atoms with Crippen LogP contribution < -0.4 is 5.32 Å². The largest absolute Gasteiger partial charge is 0.481 e. The summed E-state index contributed by atoms with van der Waals surface area (Å²) in [5.74, 6) is -0.762. The van der Waals surface area contributed by atoms with Gasteiger partial charge in [0.2, 0.25) is 0 Å². The normalized spacial score (nSPS) is 21.3. The van der Waals surface area contributed by atoms with Gasteiger partial charge in [0.05, 0.1) is 12.1 Å². The lowest BCUT2D eigenvalue weighted by atomic mass is 9.75. The summed E-state index contributed by atoms with van der Waals surface area (Å²) in [6.45, 7) is 1.06. The number of hydrogen-bond donors (Lipinski definition) is 2. The van der Waals surface area contributed by atoms with Crippen LogP contribution in [-0.4, -0.2) is 30.8 Å². The molecule has 0 bridgehead atoms. The van der Waals surface area contributed by atoms with Crippen molar-refractivity contribution in [1.82, 2.24) is 5.32 Å². The molecule has 0 radical (unpaired) electrons. The Kier molecular flexibility index (Phi) is 3.66. The van der Waals surface area contributed by atoms with Crippen molar-refractivity contribution in [2.24, 2.45) is 5.41 Å². The number of nitrogens with one attached hydrogen (secondary N) is 1. The lowest BCUT2D eigenvalue weighted by Crippen LogP contribution is -2.42. The zero-order chi connectivity index (χ0) is 9.73. The fourth-order valence-corrected chi connectivity index (χ4v) is 1.88. The van der Waals surface area contributed by atoms with Crippen molar-refractivity contribution >= 4 is 5.97 Å². The number of carboxylic acids is 1. The van der Waals surface area contributed by atoms with Crippen LogP contribution in [0, 0.1) is 5.41 Å². The highest BCUT2D eigenvalue weighted by molar-refractivity contribution is 5.74. The Morgan fingerprint density at radius 2 is 2.08 bits per heavy atom. The molecule has 13 heavy (non-hydrogen) atoms. The van der Waals surface area contributed by atoms with Gasteiger partial charge in [0, 0.05) is 0 Å². The van der Waals surface area contributed by atoms with E-state index in [4.69, 9.17) is 5.11 Å². The van der Waals surface area contributed by atoms with Gasteiger partial charge in [0.1, 0.15) is 0 Å². The number of piperidine rings is 1. The van der Waals surface area contributed by atoms with Crippen molar-refractivity contribution in [3.63, 3.8) is 0 Å². The van der Waals surface area contributed by atoms with Gasteiger partial charge in [-0.2, -0.15) is 0 Å². The summed E-state index contributed by atoms with van der Waals surface area (Å²) in [6, 6.07) is 0. The number of halogens is 1. The summed E-state index contributed by atoms with van der Waals surface area (Å²) < 4.78 is 12.0. The van der Waals surface area contributed by atoms with Crippen LogP contribution in [0.3, 0.4) is 0 Å². The molecule has 3 nitrogen and oxygen atoms in total. The van der Waals surface area contributed by atoms with Crippen molar-refractivity contribution in [1.29, 1.82) is 0 Å². The molecule has 1 fully saturated rings. The SMILES string of the molecule is O=C(O)C1(CCCF)CCNCC1. The third-order valence-electron chi connectivity index (χ3n) is 2.80. The van der Waals surface area contributed by atoms with Gasteiger partial charge in [-0.15, -0.1) is 0 Å². The molecule has 1 saturated heterocycles. The quantitative estimate of drug-likeness (QED) is 0.698. The number of carbonyl (C=O) groups is 1. The lowest BCUT2D eigenvalue weighted by Gasteiger charge is -2.33. The molecule has 1 heterocycles. The van der Waals surface area contributed by atoms with E-state index in [0.717, 1.165) is 13.1 Å². The van der Waals surface area contributed by atoms with E-state index in [-0.39, 0.29) is 0 Å². The van der Waals surface area contributed by atoms with Crippen LogP contribution in [0.25, 0.3) is 0 Å². The highest BCUT2D eigenvalue weighted by atomic mass is 19.1. The number of carboxylic acid groups (broad SMARTS) is 1. The number of rotatable bonds is 4. The van der Waals surface area contributed by atoms with E-state index in [1.807, 2.05) is 0 Å². The summed E-state index contributed by atoms with van der Waals surface area (Å²) in [6.07, 6.45) is 2.09. The first-order chi connectivity index (χ1) is 6.21. The van der Waals surface area contributed by atoms with Crippen LogP contribution in [0.5, 0.6) is 0 Å². The first kappa shape index (κ1) is 10.4. The number of hydrogen-bond acceptors (Lipinski definition) is 2. The van der Waals surface area contributed by atoms with E-state index in [9.17, 15) is 9.18 Å². The minimum absolute atomic E-state index is 0.367. The van der Waals surface area contributed by atoms with Crippen LogP contribution in [0.1, 0.15) is 25.7 Å². The molecule has 0 saturated carbocycles. The molecule has 1 aliphatic rings. The van der Waals surface area contributed by atoms with Gasteiger partial charge in [-0.3, -0.25) is 9.18 Å². The van der Waals surface area contributed by atoms with Crippen LogP contribution >= 0.6 is 0 Å². The predicted octanol–water partition coefficient (Wildman–Crippen LogP) is 1.19. The van der Waals surface area contributed by atoms with Gasteiger partial charge in [-0.05, 0) is 38.8 Å². The smallest absolute Gasteiger partial charge is 0.309 e. The van der Waals surface area contributed by atoms with E-state index in [1.54, 1.807) is 0 Å². The molecule has 1 aliphatic heterocycles. The van der Waals surface area contributed by atoms with Gasteiger partial charge < -0.3 is 10.4 Å². The molecule has 1 rings (SSSR count). The summed E-state index contributed by atoms with van der Waals surface area (Å²) in [5, 5.41) is 12.2. The van der Waals surface area contributed by atoms with Gasteiger partial charge >= 0.3 is 5.97 Å². The molecule has 0 unspecified atom stereocenters. The zero-order valence-electron chi connectivity index (χ0n) is 7.68. The second-order valence-electron chi connectivity index (χ2n) is 3.63. The minimum atomic E-state index is -0.762. The topological polar surface area (TPSA) is 49.3 Å². The molecular formula is C9H16FNO2. The average molecular weight is 189 g/mol. The van der Waals surface area contributed by atoms with Crippen LogP contribution in [0.15, 0.2) is 0 Å². The Morgan fingerprint density at radius 3 is 2.54 bits per heavy atom. The molecule has 0 aromatic carbocycles. The molecule has 0 aromatic rings. The van der Waals surface area contributed by atoms with Gasteiger partial charge in [-0.1, -0.05) is 0 Å². The maximum absolute atomic E-state index is 12.0. The van der Waals surface area contributed by atoms with Crippen molar-refractivity contribution in [2.45, 2.75) is 25.7 Å². The average Bonchev–Trinajstić information content (AvgIpc) is 2.16. The second kappa shape index (κ2) is 4.56. The fraction of sp³-hybridized carbons (Fsp3) is 0.889.